The SMILES string of the molecule is NC(=O)N1CCC(Nc2ccc(F)cc2)CC1. The van der Waals surface area contributed by atoms with Gasteiger partial charge in [-0.15, -0.1) is 0 Å². The normalized spacial score (nSPS) is 16.9. The summed E-state index contributed by atoms with van der Waals surface area (Å²) in [6.45, 7) is 1.35. The predicted molar refractivity (Wildman–Crippen MR) is 64.2 cm³/mol. The summed E-state index contributed by atoms with van der Waals surface area (Å²) in [5.41, 5.74) is 6.11. The maximum Gasteiger partial charge on any atom is 0.314 e. The highest BCUT2D eigenvalue weighted by atomic mass is 19.1. The van der Waals surface area contributed by atoms with Crippen LogP contribution < -0.4 is 11.1 Å². The molecule has 0 unspecified atom stereocenters. The lowest BCUT2D eigenvalue weighted by atomic mass is 10.0. The van der Waals surface area contributed by atoms with Gasteiger partial charge >= 0.3 is 6.03 Å². The number of benzene rings is 1. The molecule has 1 saturated heterocycles. The number of rotatable bonds is 2. The van der Waals surface area contributed by atoms with Gasteiger partial charge in [-0.25, -0.2) is 9.18 Å². The van der Waals surface area contributed by atoms with Crippen molar-refractivity contribution < 1.29 is 9.18 Å². The number of nitrogens with two attached hydrogens (primary N) is 1. The number of amides is 2. The van der Waals surface area contributed by atoms with Gasteiger partial charge in [0.2, 0.25) is 0 Å². The summed E-state index contributed by atoms with van der Waals surface area (Å²) >= 11 is 0. The Morgan fingerprint density at radius 2 is 1.88 bits per heavy atom. The molecule has 0 aliphatic carbocycles. The van der Waals surface area contributed by atoms with Crippen molar-refractivity contribution in [1.82, 2.24) is 4.90 Å². The van der Waals surface area contributed by atoms with Crippen molar-refractivity contribution in [2.75, 3.05) is 18.4 Å². The highest BCUT2D eigenvalue weighted by Crippen LogP contribution is 2.16. The van der Waals surface area contributed by atoms with E-state index in [0.29, 0.717) is 19.1 Å². The summed E-state index contributed by atoms with van der Waals surface area (Å²) in [4.78, 5) is 12.6. The van der Waals surface area contributed by atoms with E-state index in [0.717, 1.165) is 18.5 Å². The van der Waals surface area contributed by atoms with Crippen molar-refractivity contribution in [2.45, 2.75) is 18.9 Å². The third-order valence-corrected chi connectivity index (χ3v) is 3.02. The van der Waals surface area contributed by atoms with Gasteiger partial charge < -0.3 is 16.0 Å². The van der Waals surface area contributed by atoms with Gasteiger partial charge in [0.05, 0.1) is 0 Å². The molecule has 4 nitrogen and oxygen atoms in total. The molecule has 0 aromatic heterocycles. The topological polar surface area (TPSA) is 58.4 Å². The molecule has 2 rings (SSSR count). The van der Waals surface area contributed by atoms with E-state index >= 15 is 0 Å². The van der Waals surface area contributed by atoms with Crippen LogP contribution in [-0.2, 0) is 0 Å². The molecule has 0 radical (unpaired) electrons. The van der Waals surface area contributed by atoms with Crippen LogP contribution in [0.4, 0.5) is 14.9 Å². The highest BCUT2D eigenvalue weighted by Gasteiger charge is 2.20. The number of hydrogen-bond acceptors (Lipinski definition) is 2. The van der Waals surface area contributed by atoms with Crippen molar-refractivity contribution >= 4 is 11.7 Å². The number of primary amides is 1. The number of nitrogens with zero attached hydrogens (tertiary/aromatic N) is 1. The quantitative estimate of drug-likeness (QED) is 0.823. The molecular formula is C12H16FN3O. The zero-order valence-corrected chi connectivity index (χ0v) is 9.53. The molecule has 5 heteroatoms. The lowest BCUT2D eigenvalue weighted by Gasteiger charge is -2.31. The van der Waals surface area contributed by atoms with Gasteiger partial charge in [-0.1, -0.05) is 0 Å². The molecule has 2 amide bonds. The second kappa shape index (κ2) is 5.03. The molecule has 1 aromatic carbocycles. The number of carbonyl (C=O) groups is 1. The molecule has 0 spiro atoms. The minimum atomic E-state index is -0.356. The summed E-state index contributed by atoms with van der Waals surface area (Å²) < 4.78 is 12.7. The van der Waals surface area contributed by atoms with E-state index in [1.165, 1.54) is 12.1 Å². The first kappa shape index (κ1) is 11.7. The van der Waals surface area contributed by atoms with Gasteiger partial charge in [-0.3, -0.25) is 0 Å². The van der Waals surface area contributed by atoms with Gasteiger partial charge in [0.25, 0.3) is 0 Å². The number of piperidine rings is 1. The van der Waals surface area contributed by atoms with E-state index in [1.807, 2.05) is 0 Å². The molecule has 1 aromatic rings. The Hall–Kier alpha value is -1.78. The van der Waals surface area contributed by atoms with E-state index in [9.17, 15) is 9.18 Å². The molecule has 1 aliphatic rings. The maximum absolute atomic E-state index is 12.7. The van der Waals surface area contributed by atoms with E-state index in [-0.39, 0.29) is 11.8 Å². The second-order valence-electron chi connectivity index (χ2n) is 4.25. The Morgan fingerprint density at radius 3 is 2.41 bits per heavy atom. The number of urea groups is 1. The fourth-order valence-corrected chi connectivity index (χ4v) is 2.03. The fourth-order valence-electron chi connectivity index (χ4n) is 2.03. The van der Waals surface area contributed by atoms with Crippen LogP contribution in [-0.4, -0.2) is 30.1 Å². The molecule has 3 N–H and O–H groups in total. The fraction of sp³-hybridized carbons (Fsp3) is 0.417. The number of nitrogens with one attached hydrogen (secondary N) is 1. The molecule has 0 bridgehead atoms. The number of carbonyl (C=O) groups excluding carboxylic acids is 1. The van der Waals surface area contributed by atoms with Crippen LogP contribution in [0.2, 0.25) is 0 Å². The van der Waals surface area contributed by atoms with Crippen LogP contribution in [0.15, 0.2) is 24.3 Å². The number of likely N-dealkylation sites (tertiary alicyclic amines) is 1. The van der Waals surface area contributed by atoms with Crippen molar-refractivity contribution in [3.63, 3.8) is 0 Å². The number of halogens is 1. The van der Waals surface area contributed by atoms with E-state index in [2.05, 4.69) is 5.32 Å². The molecule has 1 heterocycles. The average molecular weight is 237 g/mol. The van der Waals surface area contributed by atoms with Crippen molar-refractivity contribution in [1.29, 1.82) is 0 Å². The van der Waals surface area contributed by atoms with Crippen molar-refractivity contribution in [3.8, 4) is 0 Å². The monoisotopic (exact) mass is 237 g/mol. The standard InChI is InChI=1S/C12H16FN3O/c13-9-1-3-10(4-2-9)15-11-5-7-16(8-6-11)12(14)17/h1-4,11,15H,5-8H2,(H2,14,17). The average Bonchev–Trinajstić information content (AvgIpc) is 2.33. The first-order valence-electron chi connectivity index (χ1n) is 5.71. The summed E-state index contributed by atoms with van der Waals surface area (Å²) in [5, 5.41) is 3.32. The smallest absolute Gasteiger partial charge is 0.314 e. The molecule has 1 aliphatic heterocycles. The Bertz CT molecular complexity index is 385. The minimum absolute atomic E-state index is 0.237. The first-order chi connectivity index (χ1) is 8.15. The van der Waals surface area contributed by atoms with Crippen LogP contribution >= 0.6 is 0 Å². The molecule has 0 saturated carbocycles. The summed E-state index contributed by atoms with van der Waals surface area (Å²) in [7, 11) is 0. The summed E-state index contributed by atoms with van der Waals surface area (Å²) in [5.74, 6) is -0.237. The van der Waals surface area contributed by atoms with Crippen LogP contribution in [0, 0.1) is 5.82 Å². The maximum atomic E-state index is 12.7. The van der Waals surface area contributed by atoms with Crippen LogP contribution in [0.1, 0.15) is 12.8 Å². The number of hydrogen-bond donors (Lipinski definition) is 2. The van der Waals surface area contributed by atoms with E-state index < -0.39 is 0 Å². The third kappa shape index (κ3) is 3.09. The molecule has 17 heavy (non-hydrogen) atoms. The van der Waals surface area contributed by atoms with Gasteiger partial charge in [0.15, 0.2) is 0 Å². The number of anilines is 1. The van der Waals surface area contributed by atoms with Crippen LogP contribution in [0.3, 0.4) is 0 Å². The zero-order chi connectivity index (χ0) is 12.3. The molecule has 92 valence electrons. The minimum Gasteiger partial charge on any atom is -0.382 e. The second-order valence-corrected chi connectivity index (χ2v) is 4.25. The third-order valence-electron chi connectivity index (χ3n) is 3.02. The Morgan fingerprint density at radius 1 is 1.29 bits per heavy atom. The highest BCUT2D eigenvalue weighted by molar-refractivity contribution is 5.72. The van der Waals surface area contributed by atoms with Gasteiger partial charge in [0.1, 0.15) is 5.82 Å². The Balaban J connectivity index is 1.85. The first-order valence-corrected chi connectivity index (χ1v) is 5.71. The Labute approximate surface area is 99.6 Å². The van der Waals surface area contributed by atoms with E-state index in [1.54, 1.807) is 17.0 Å². The van der Waals surface area contributed by atoms with Gasteiger partial charge in [0, 0.05) is 24.8 Å². The molecule has 0 atom stereocenters. The van der Waals surface area contributed by atoms with Crippen LogP contribution in [0.25, 0.3) is 0 Å². The van der Waals surface area contributed by atoms with Crippen LogP contribution in [0.5, 0.6) is 0 Å². The van der Waals surface area contributed by atoms with Gasteiger partial charge in [-0.05, 0) is 37.1 Å². The lowest BCUT2D eigenvalue weighted by molar-refractivity contribution is 0.193. The van der Waals surface area contributed by atoms with Crippen molar-refractivity contribution in [2.24, 2.45) is 5.73 Å². The Kier molecular flexibility index (Phi) is 3.46. The predicted octanol–water partition coefficient (Wildman–Crippen LogP) is 1.78. The summed E-state index contributed by atoms with van der Waals surface area (Å²) in [6.07, 6.45) is 1.72. The zero-order valence-electron chi connectivity index (χ0n) is 9.53. The molecule has 1 fully saturated rings. The van der Waals surface area contributed by atoms with Gasteiger partial charge in [-0.2, -0.15) is 0 Å². The largest absolute Gasteiger partial charge is 0.382 e. The summed E-state index contributed by atoms with van der Waals surface area (Å²) in [6, 6.07) is 6.26. The van der Waals surface area contributed by atoms with Crippen molar-refractivity contribution in [3.05, 3.63) is 30.1 Å². The lowest BCUT2D eigenvalue weighted by Crippen LogP contribution is -2.44. The molecular weight excluding hydrogens is 221 g/mol. The van der Waals surface area contributed by atoms with E-state index in [4.69, 9.17) is 5.73 Å².